The summed E-state index contributed by atoms with van der Waals surface area (Å²) in [6, 6.07) is 6.89. The molecule has 0 saturated carbocycles. The molecule has 1 fully saturated rings. The van der Waals surface area contributed by atoms with E-state index in [9.17, 15) is 4.39 Å². The van der Waals surface area contributed by atoms with Gasteiger partial charge in [-0.2, -0.15) is 0 Å². The molecule has 1 saturated heterocycles. The molecule has 0 aliphatic carbocycles. The number of rotatable bonds is 2. The van der Waals surface area contributed by atoms with Gasteiger partial charge in [-0.25, -0.2) is 4.39 Å². The van der Waals surface area contributed by atoms with Gasteiger partial charge in [0.25, 0.3) is 0 Å². The van der Waals surface area contributed by atoms with E-state index in [2.05, 4.69) is 20.8 Å². The molecule has 3 heteroatoms. The fourth-order valence-electron chi connectivity index (χ4n) is 1.95. The Bertz CT molecular complexity index is 321. The van der Waals surface area contributed by atoms with Crippen LogP contribution in [0.1, 0.15) is 18.4 Å². The van der Waals surface area contributed by atoms with Gasteiger partial charge in [0.1, 0.15) is 5.82 Å². The van der Waals surface area contributed by atoms with E-state index in [4.69, 9.17) is 0 Å². The molecule has 2 rings (SSSR count). The number of benzene rings is 1. The predicted octanol–water partition coefficient (Wildman–Crippen LogP) is 3.19. The van der Waals surface area contributed by atoms with E-state index in [1.54, 1.807) is 12.1 Å². The van der Waals surface area contributed by atoms with Gasteiger partial charge < -0.3 is 0 Å². The smallest absolute Gasteiger partial charge is 0.123 e. The fourth-order valence-corrected chi connectivity index (χ4v) is 2.36. The second-order valence-electron chi connectivity index (χ2n) is 4.08. The van der Waals surface area contributed by atoms with E-state index >= 15 is 0 Å². The Morgan fingerprint density at radius 2 is 2.07 bits per heavy atom. The van der Waals surface area contributed by atoms with Gasteiger partial charge >= 0.3 is 0 Å². The third kappa shape index (κ3) is 3.28. The zero-order valence-electron chi connectivity index (χ0n) is 8.63. The van der Waals surface area contributed by atoms with Gasteiger partial charge in [0.05, 0.1) is 0 Å². The fraction of sp³-hybridized carbons (Fsp3) is 0.500. The molecule has 0 radical (unpaired) electrons. The number of hydrogen-bond acceptors (Lipinski definition) is 1. The maximum Gasteiger partial charge on any atom is 0.123 e. The van der Waals surface area contributed by atoms with Crippen LogP contribution in [0.4, 0.5) is 4.39 Å². The van der Waals surface area contributed by atoms with E-state index in [-0.39, 0.29) is 5.82 Å². The van der Waals surface area contributed by atoms with E-state index in [0.29, 0.717) is 4.83 Å². The molecule has 82 valence electrons. The molecule has 1 aliphatic heterocycles. The van der Waals surface area contributed by atoms with E-state index in [1.165, 1.54) is 18.9 Å². The minimum Gasteiger partial charge on any atom is -0.299 e. The average molecular weight is 272 g/mol. The molecular weight excluding hydrogens is 257 g/mol. The standard InChI is InChI=1S/C12H15BrFN/c13-11-4-6-15(7-5-11)9-10-2-1-3-12(14)8-10/h1-3,8,11H,4-7,9H2. The first-order chi connectivity index (χ1) is 7.24. The SMILES string of the molecule is Fc1cccc(CN2CCC(Br)CC2)c1. The van der Waals surface area contributed by atoms with Gasteiger partial charge in [0.15, 0.2) is 0 Å². The lowest BCUT2D eigenvalue weighted by molar-refractivity contribution is 0.226. The first-order valence-corrected chi connectivity index (χ1v) is 6.26. The first-order valence-electron chi connectivity index (χ1n) is 5.35. The molecular formula is C12H15BrFN. The van der Waals surface area contributed by atoms with Crippen molar-refractivity contribution >= 4 is 15.9 Å². The molecule has 0 amide bonds. The molecule has 0 spiro atoms. The Labute approximate surface area is 98.4 Å². The number of piperidine rings is 1. The largest absolute Gasteiger partial charge is 0.299 e. The lowest BCUT2D eigenvalue weighted by Gasteiger charge is -2.29. The van der Waals surface area contributed by atoms with E-state index in [1.807, 2.05) is 6.07 Å². The Balaban J connectivity index is 1.92. The predicted molar refractivity (Wildman–Crippen MR) is 63.6 cm³/mol. The Morgan fingerprint density at radius 3 is 2.73 bits per heavy atom. The van der Waals surface area contributed by atoms with Crippen LogP contribution in [0.25, 0.3) is 0 Å². The number of hydrogen-bond donors (Lipinski definition) is 0. The first kappa shape index (κ1) is 11.1. The molecule has 1 aromatic rings. The third-order valence-electron chi connectivity index (χ3n) is 2.81. The Morgan fingerprint density at radius 1 is 1.33 bits per heavy atom. The second kappa shape index (κ2) is 5.08. The Kier molecular flexibility index (Phi) is 3.76. The number of nitrogens with zero attached hydrogens (tertiary/aromatic N) is 1. The monoisotopic (exact) mass is 271 g/mol. The van der Waals surface area contributed by atoms with E-state index in [0.717, 1.165) is 25.2 Å². The van der Waals surface area contributed by atoms with Gasteiger partial charge in [-0.15, -0.1) is 0 Å². The van der Waals surface area contributed by atoms with Crippen molar-refractivity contribution in [1.29, 1.82) is 0 Å². The van der Waals surface area contributed by atoms with Crippen molar-refractivity contribution in [2.45, 2.75) is 24.2 Å². The molecule has 0 N–H and O–H groups in total. The highest BCUT2D eigenvalue weighted by Crippen LogP contribution is 2.19. The lowest BCUT2D eigenvalue weighted by Crippen LogP contribution is -2.33. The maximum atomic E-state index is 13.0. The molecule has 1 heterocycles. The van der Waals surface area contributed by atoms with Crippen molar-refractivity contribution < 1.29 is 4.39 Å². The van der Waals surface area contributed by atoms with Crippen molar-refractivity contribution in [3.05, 3.63) is 35.6 Å². The van der Waals surface area contributed by atoms with Gasteiger partial charge in [-0.3, -0.25) is 4.90 Å². The minimum atomic E-state index is -0.136. The molecule has 1 aliphatic rings. The van der Waals surface area contributed by atoms with Crippen LogP contribution in [-0.4, -0.2) is 22.8 Å². The molecule has 0 atom stereocenters. The van der Waals surface area contributed by atoms with Crippen LogP contribution in [-0.2, 0) is 6.54 Å². The normalized spacial score (nSPS) is 19.3. The minimum absolute atomic E-state index is 0.136. The van der Waals surface area contributed by atoms with Crippen molar-refractivity contribution in [1.82, 2.24) is 4.90 Å². The summed E-state index contributed by atoms with van der Waals surface area (Å²) in [5.74, 6) is -0.136. The van der Waals surface area contributed by atoms with Crippen molar-refractivity contribution in [3.63, 3.8) is 0 Å². The number of halogens is 2. The highest BCUT2D eigenvalue weighted by atomic mass is 79.9. The summed E-state index contributed by atoms with van der Waals surface area (Å²) < 4.78 is 13.0. The van der Waals surface area contributed by atoms with Gasteiger partial charge in [-0.05, 0) is 43.6 Å². The van der Waals surface area contributed by atoms with Gasteiger partial charge in [-0.1, -0.05) is 28.1 Å². The van der Waals surface area contributed by atoms with Crippen LogP contribution < -0.4 is 0 Å². The highest BCUT2D eigenvalue weighted by molar-refractivity contribution is 9.09. The van der Waals surface area contributed by atoms with Crippen LogP contribution in [0.5, 0.6) is 0 Å². The summed E-state index contributed by atoms with van der Waals surface area (Å²) in [7, 11) is 0. The van der Waals surface area contributed by atoms with Crippen molar-refractivity contribution in [2.24, 2.45) is 0 Å². The second-order valence-corrected chi connectivity index (χ2v) is 5.38. The summed E-state index contributed by atoms with van der Waals surface area (Å²) in [5.41, 5.74) is 1.07. The van der Waals surface area contributed by atoms with Crippen molar-refractivity contribution in [3.8, 4) is 0 Å². The topological polar surface area (TPSA) is 3.24 Å². The average Bonchev–Trinajstić information content (AvgIpc) is 2.22. The molecule has 0 bridgehead atoms. The maximum absolute atomic E-state index is 13.0. The summed E-state index contributed by atoms with van der Waals surface area (Å²) >= 11 is 3.63. The summed E-state index contributed by atoms with van der Waals surface area (Å²) in [5, 5.41) is 0. The van der Waals surface area contributed by atoms with Crippen LogP contribution in [0.2, 0.25) is 0 Å². The summed E-state index contributed by atoms with van der Waals surface area (Å²) in [4.78, 5) is 3.05. The third-order valence-corrected chi connectivity index (χ3v) is 3.73. The molecule has 0 unspecified atom stereocenters. The van der Waals surface area contributed by atoms with E-state index < -0.39 is 0 Å². The quantitative estimate of drug-likeness (QED) is 0.747. The van der Waals surface area contributed by atoms with Crippen LogP contribution in [0, 0.1) is 5.82 Å². The number of alkyl halides is 1. The molecule has 1 nitrogen and oxygen atoms in total. The zero-order valence-corrected chi connectivity index (χ0v) is 10.2. The molecule has 0 aromatic heterocycles. The molecule has 15 heavy (non-hydrogen) atoms. The van der Waals surface area contributed by atoms with Crippen LogP contribution >= 0.6 is 15.9 Å². The summed E-state index contributed by atoms with van der Waals surface area (Å²) in [6.45, 7) is 3.08. The van der Waals surface area contributed by atoms with Crippen LogP contribution in [0.15, 0.2) is 24.3 Å². The highest BCUT2D eigenvalue weighted by Gasteiger charge is 2.16. The van der Waals surface area contributed by atoms with Gasteiger partial charge in [0.2, 0.25) is 0 Å². The summed E-state index contributed by atoms with van der Waals surface area (Å²) in [6.07, 6.45) is 2.38. The van der Waals surface area contributed by atoms with Crippen molar-refractivity contribution in [2.75, 3.05) is 13.1 Å². The lowest BCUT2D eigenvalue weighted by atomic mass is 10.1. The van der Waals surface area contributed by atoms with Gasteiger partial charge in [0, 0.05) is 11.4 Å². The number of likely N-dealkylation sites (tertiary alicyclic amines) is 1. The van der Waals surface area contributed by atoms with Crippen LogP contribution in [0.3, 0.4) is 0 Å². The zero-order chi connectivity index (χ0) is 10.7. The Hall–Kier alpha value is -0.410. The molecule has 1 aromatic carbocycles.